The molecule has 0 aliphatic heterocycles. The first-order chi connectivity index (χ1) is 17.1. The quantitative estimate of drug-likeness (QED) is 0.328. The number of thiazole rings is 1. The van der Waals surface area contributed by atoms with Gasteiger partial charge in [-0.15, -0.1) is 11.3 Å². The summed E-state index contributed by atoms with van der Waals surface area (Å²) in [5.74, 6) is 0.864. The average molecular weight is 485 g/mol. The molecule has 2 aromatic carbocycles. The summed E-state index contributed by atoms with van der Waals surface area (Å²) in [6, 6.07) is 18.0. The van der Waals surface area contributed by atoms with Crippen LogP contribution in [0, 0.1) is 0 Å². The maximum Gasteiger partial charge on any atom is 0.258 e. The van der Waals surface area contributed by atoms with Crippen molar-refractivity contribution in [2.24, 2.45) is 0 Å². The molecule has 0 saturated heterocycles. The number of aryl methyl sites for hydroxylation is 1. The molecule has 5 rings (SSSR count). The molecule has 0 unspecified atom stereocenters. The zero-order valence-electron chi connectivity index (χ0n) is 20.0. The largest absolute Gasteiger partial charge is 0.497 e. The predicted molar refractivity (Wildman–Crippen MR) is 141 cm³/mol. The van der Waals surface area contributed by atoms with Crippen LogP contribution in [0.3, 0.4) is 0 Å². The van der Waals surface area contributed by atoms with Gasteiger partial charge in [-0.25, -0.2) is 4.98 Å². The number of nitrogens with zero attached hydrogens (tertiary/aromatic N) is 1. The molecule has 0 radical (unpaired) electrons. The van der Waals surface area contributed by atoms with Crippen LogP contribution < -0.4 is 10.3 Å². The third kappa shape index (κ3) is 4.84. The number of H-pyrrole nitrogens is 1. The molecule has 2 aromatic heterocycles. The normalized spacial score (nSPS) is 15.1. The first-order valence-corrected chi connectivity index (χ1v) is 12.9. The first kappa shape index (κ1) is 23.2. The second kappa shape index (κ2) is 10.0. The van der Waals surface area contributed by atoms with Crippen molar-refractivity contribution in [3.63, 3.8) is 0 Å². The Morgan fingerprint density at radius 1 is 1.03 bits per heavy atom. The number of nitrogens with one attached hydrogen (secondary N) is 1. The number of fused-ring (bicyclic) bond motifs is 1. The summed E-state index contributed by atoms with van der Waals surface area (Å²) >= 11 is 1.43. The maximum atomic E-state index is 13.1. The molecule has 1 aliphatic rings. The average Bonchev–Trinajstić information content (AvgIpc) is 3.37. The van der Waals surface area contributed by atoms with E-state index in [0.29, 0.717) is 34.7 Å². The van der Waals surface area contributed by atoms with Crippen molar-refractivity contribution in [1.29, 1.82) is 0 Å². The Morgan fingerprint density at radius 2 is 1.80 bits per heavy atom. The Balaban J connectivity index is 1.39. The monoisotopic (exact) mass is 484 g/mol. The van der Waals surface area contributed by atoms with Crippen LogP contribution >= 0.6 is 11.3 Å². The highest BCUT2D eigenvalue weighted by molar-refractivity contribution is 7.13. The Hall–Kier alpha value is -3.51. The number of ether oxygens (including phenoxy) is 1. The number of benzene rings is 2. The molecule has 1 atom stereocenters. The van der Waals surface area contributed by atoms with E-state index in [1.807, 2.05) is 29.6 Å². The lowest BCUT2D eigenvalue weighted by Gasteiger charge is -2.24. The van der Waals surface area contributed by atoms with Gasteiger partial charge in [-0.2, -0.15) is 0 Å². The number of Topliss-reactive ketones (excluding diaryl/α,β-unsaturated/α-hetero) is 1. The summed E-state index contributed by atoms with van der Waals surface area (Å²) in [5, 5.41) is 2.60. The van der Waals surface area contributed by atoms with E-state index >= 15 is 0 Å². The van der Waals surface area contributed by atoms with Crippen LogP contribution in [0.15, 0.2) is 64.8 Å². The number of aromatic amines is 1. The minimum absolute atomic E-state index is 0.0363. The van der Waals surface area contributed by atoms with Crippen molar-refractivity contribution in [3.05, 3.63) is 92.7 Å². The zero-order valence-corrected chi connectivity index (χ0v) is 20.8. The standard InChI is InChI=1S/C29H28N2O3S/c1-3-4-5-18-6-8-20(9-7-18)26-17-35-29(31-26)24-16-23-25(30-28(24)33)14-21(15-27(23)32)19-10-12-22(34-2)13-11-19/h6-13,16-17,21H,3-5,14-15H2,1-2H3,(H,30,33)/t21-/m0/s1. The minimum atomic E-state index is -0.206. The van der Waals surface area contributed by atoms with E-state index in [1.165, 1.54) is 29.7 Å². The van der Waals surface area contributed by atoms with Gasteiger partial charge in [-0.05, 0) is 54.5 Å². The van der Waals surface area contributed by atoms with Crippen LogP contribution in [0.2, 0.25) is 0 Å². The van der Waals surface area contributed by atoms with E-state index in [-0.39, 0.29) is 17.3 Å². The molecule has 1 aliphatic carbocycles. The lowest BCUT2D eigenvalue weighted by molar-refractivity contribution is 0.0963. The smallest absolute Gasteiger partial charge is 0.258 e. The molecule has 178 valence electrons. The van der Waals surface area contributed by atoms with Crippen LogP contribution in [-0.2, 0) is 12.8 Å². The molecule has 1 N–H and O–H groups in total. The molecule has 6 heteroatoms. The van der Waals surface area contributed by atoms with Gasteiger partial charge in [0.15, 0.2) is 5.78 Å². The van der Waals surface area contributed by atoms with E-state index in [0.717, 1.165) is 29.0 Å². The summed E-state index contributed by atoms with van der Waals surface area (Å²) in [5.41, 5.74) is 5.81. The van der Waals surface area contributed by atoms with Gasteiger partial charge in [0.25, 0.3) is 5.56 Å². The summed E-state index contributed by atoms with van der Waals surface area (Å²) < 4.78 is 5.23. The Labute approximate surface area is 208 Å². The van der Waals surface area contributed by atoms with Crippen LogP contribution in [0.4, 0.5) is 0 Å². The molecular formula is C29H28N2O3S. The van der Waals surface area contributed by atoms with E-state index in [1.54, 1.807) is 13.2 Å². The number of ketones is 1. The number of unbranched alkanes of at least 4 members (excludes halogenated alkanes) is 1. The molecule has 35 heavy (non-hydrogen) atoms. The minimum Gasteiger partial charge on any atom is -0.497 e. The van der Waals surface area contributed by atoms with Crippen molar-refractivity contribution in [3.8, 4) is 27.6 Å². The SMILES string of the molecule is CCCCc1ccc(-c2csc(-c3cc4c([nH]c3=O)C[C@H](c3ccc(OC)cc3)CC4=O)n2)cc1. The van der Waals surface area contributed by atoms with Gasteiger partial charge in [0, 0.05) is 28.6 Å². The lowest BCUT2D eigenvalue weighted by atomic mass is 9.81. The topological polar surface area (TPSA) is 72.1 Å². The van der Waals surface area contributed by atoms with Crippen molar-refractivity contribution < 1.29 is 9.53 Å². The number of aromatic nitrogens is 2. The summed E-state index contributed by atoms with van der Waals surface area (Å²) in [4.78, 5) is 33.8. The fourth-order valence-corrected chi connectivity index (χ4v) is 5.50. The van der Waals surface area contributed by atoms with Crippen LogP contribution in [0.5, 0.6) is 5.75 Å². The van der Waals surface area contributed by atoms with Gasteiger partial charge in [0.05, 0.1) is 18.4 Å². The van der Waals surface area contributed by atoms with Crippen LogP contribution in [0.25, 0.3) is 21.8 Å². The fraction of sp³-hybridized carbons (Fsp3) is 0.276. The Morgan fingerprint density at radius 3 is 2.51 bits per heavy atom. The van der Waals surface area contributed by atoms with Gasteiger partial charge in [-0.1, -0.05) is 49.7 Å². The number of carbonyl (C=O) groups is 1. The third-order valence-electron chi connectivity index (χ3n) is 6.70. The second-order valence-corrected chi connectivity index (χ2v) is 9.90. The second-order valence-electron chi connectivity index (χ2n) is 9.04. The third-order valence-corrected chi connectivity index (χ3v) is 7.57. The number of carbonyl (C=O) groups excluding carboxylic acids is 1. The summed E-state index contributed by atoms with van der Waals surface area (Å²) in [7, 11) is 1.63. The molecule has 2 heterocycles. The first-order valence-electron chi connectivity index (χ1n) is 12.0. The molecule has 0 amide bonds. The van der Waals surface area contributed by atoms with Gasteiger partial charge in [-0.3, -0.25) is 9.59 Å². The van der Waals surface area contributed by atoms with Gasteiger partial charge in [0.1, 0.15) is 10.8 Å². The highest BCUT2D eigenvalue weighted by Crippen LogP contribution is 2.34. The van der Waals surface area contributed by atoms with Gasteiger partial charge >= 0.3 is 0 Å². The van der Waals surface area contributed by atoms with Crippen molar-refractivity contribution >= 4 is 17.1 Å². The number of methoxy groups -OCH3 is 1. The highest BCUT2D eigenvalue weighted by atomic mass is 32.1. The van der Waals surface area contributed by atoms with Crippen LogP contribution in [-0.4, -0.2) is 22.9 Å². The fourth-order valence-electron chi connectivity index (χ4n) is 4.65. The predicted octanol–water partition coefficient (Wildman–Crippen LogP) is 6.43. The molecular weight excluding hydrogens is 456 g/mol. The Bertz CT molecular complexity index is 1400. The van der Waals surface area contributed by atoms with Crippen molar-refractivity contribution in [2.45, 2.75) is 44.9 Å². The molecule has 0 fully saturated rings. The maximum absolute atomic E-state index is 13.1. The molecule has 0 bridgehead atoms. The highest BCUT2D eigenvalue weighted by Gasteiger charge is 2.28. The summed E-state index contributed by atoms with van der Waals surface area (Å²) in [6.07, 6.45) is 4.48. The number of hydrogen-bond donors (Lipinski definition) is 1. The molecule has 0 saturated carbocycles. The zero-order chi connectivity index (χ0) is 24.4. The van der Waals surface area contributed by atoms with E-state index in [9.17, 15) is 9.59 Å². The van der Waals surface area contributed by atoms with Gasteiger partial charge in [0.2, 0.25) is 0 Å². The van der Waals surface area contributed by atoms with E-state index in [4.69, 9.17) is 9.72 Å². The van der Waals surface area contributed by atoms with Crippen molar-refractivity contribution in [2.75, 3.05) is 7.11 Å². The van der Waals surface area contributed by atoms with Crippen LogP contribution in [0.1, 0.15) is 59.3 Å². The molecule has 5 nitrogen and oxygen atoms in total. The van der Waals surface area contributed by atoms with Gasteiger partial charge < -0.3 is 9.72 Å². The number of pyridine rings is 1. The Kier molecular flexibility index (Phi) is 6.64. The number of rotatable bonds is 7. The van der Waals surface area contributed by atoms with E-state index in [2.05, 4.69) is 36.2 Å². The molecule has 4 aromatic rings. The lowest BCUT2D eigenvalue weighted by Crippen LogP contribution is -2.24. The summed E-state index contributed by atoms with van der Waals surface area (Å²) in [6.45, 7) is 2.19. The number of hydrogen-bond acceptors (Lipinski definition) is 5. The van der Waals surface area contributed by atoms with E-state index < -0.39 is 0 Å². The molecule has 0 spiro atoms. The van der Waals surface area contributed by atoms with Crippen molar-refractivity contribution in [1.82, 2.24) is 9.97 Å².